The number of nitrogens with zero attached hydrogens (tertiary/aromatic N) is 2. The number of benzene rings is 2. The second kappa shape index (κ2) is 10.2. The van der Waals surface area contributed by atoms with Gasteiger partial charge in [-0.25, -0.2) is 8.42 Å². The first-order chi connectivity index (χ1) is 13.7. The average Bonchev–Trinajstić information content (AvgIpc) is 2.70. The van der Waals surface area contributed by atoms with Crippen molar-refractivity contribution in [3.8, 4) is 0 Å². The Morgan fingerprint density at radius 1 is 0.966 bits per heavy atom. The summed E-state index contributed by atoms with van der Waals surface area (Å²) in [7, 11) is -0.660. The number of hydrogen-bond acceptors (Lipinski definition) is 4. The van der Waals surface area contributed by atoms with E-state index in [1.54, 1.807) is 0 Å². The molecule has 2 rings (SSSR count). The van der Waals surface area contributed by atoms with Crippen LogP contribution < -0.4 is 5.32 Å². The minimum absolute atomic E-state index is 0.197. The van der Waals surface area contributed by atoms with Crippen molar-refractivity contribution in [2.45, 2.75) is 19.0 Å². The summed E-state index contributed by atoms with van der Waals surface area (Å²) in [6, 6.07) is 17.9. The molecule has 1 atom stereocenters. The highest BCUT2D eigenvalue weighted by Gasteiger charge is 2.31. The van der Waals surface area contributed by atoms with E-state index in [9.17, 15) is 18.0 Å². The highest BCUT2D eigenvalue weighted by Crippen LogP contribution is 2.15. The Kier molecular flexibility index (Phi) is 7.92. The quantitative estimate of drug-likeness (QED) is 0.666. The molecule has 0 bridgehead atoms. The van der Waals surface area contributed by atoms with Crippen LogP contribution in [0.4, 0.5) is 0 Å². The van der Waals surface area contributed by atoms with E-state index < -0.39 is 22.0 Å². The number of nitrogens with one attached hydrogen (secondary N) is 1. The van der Waals surface area contributed by atoms with Gasteiger partial charge in [0.25, 0.3) is 0 Å². The molecule has 0 saturated carbocycles. The van der Waals surface area contributed by atoms with Crippen LogP contribution in [0.5, 0.6) is 0 Å². The van der Waals surface area contributed by atoms with Crippen LogP contribution in [0.3, 0.4) is 0 Å². The van der Waals surface area contributed by atoms with Gasteiger partial charge in [-0.3, -0.25) is 9.59 Å². The fourth-order valence-corrected chi connectivity index (χ4v) is 3.24. The molecule has 0 aromatic heterocycles. The van der Waals surface area contributed by atoms with Crippen molar-refractivity contribution in [2.75, 3.05) is 26.9 Å². The second-order valence-corrected chi connectivity index (χ2v) is 8.94. The average molecular weight is 418 g/mol. The summed E-state index contributed by atoms with van der Waals surface area (Å²) in [6.07, 6.45) is 1.36. The number of hydrogen-bond donors (Lipinski definition) is 1. The van der Waals surface area contributed by atoms with Gasteiger partial charge in [0.15, 0.2) is 0 Å². The smallest absolute Gasteiger partial charge is 0.242 e. The molecule has 0 radical (unpaired) electrons. The summed E-state index contributed by atoms with van der Waals surface area (Å²) in [6.45, 7) is -0.143. The standard InChI is InChI=1S/C21H27N3O4S/c1-22-21(26)19(14-17-10-6-4-7-11-17)24(15-18-12-8-5-9-13-18)20(25)16-23(2)29(3,27)28/h4-13,19H,14-16H2,1-3H3,(H,22,26). The summed E-state index contributed by atoms with van der Waals surface area (Å²) in [5, 5.41) is 2.63. The molecule has 29 heavy (non-hydrogen) atoms. The maximum Gasteiger partial charge on any atom is 0.242 e. The van der Waals surface area contributed by atoms with Crippen molar-refractivity contribution in [2.24, 2.45) is 0 Å². The maximum atomic E-state index is 13.1. The van der Waals surface area contributed by atoms with Gasteiger partial charge in [-0.2, -0.15) is 4.31 Å². The lowest BCUT2D eigenvalue weighted by Gasteiger charge is -2.32. The number of rotatable bonds is 9. The van der Waals surface area contributed by atoms with Crippen molar-refractivity contribution in [1.82, 2.24) is 14.5 Å². The molecular weight excluding hydrogens is 390 g/mol. The number of likely N-dealkylation sites (N-methyl/N-ethyl adjacent to an activating group) is 2. The zero-order valence-electron chi connectivity index (χ0n) is 16.9. The number of carbonyl (C=O) groups excluding carboxylic acids is 2. The van der Waals surface area contributed by atoms with Gasteiger partial charge in [-0.15, -0.1) is 0 Å². The minimum atomic E-state index is -3.53. The molecular formula is C21H27N3O4S. The summed E-state index contributed by atoms with van der Waals surface area (Å²) in [5.41, 5.74) is 1.76. The molecule has 2 amide bonds. The third-order valence-corrected chi connectivity index (χ3v) is 5.90. The highest BCUT2D eigenvalue weighted by molar-refractivity contribution is 7.88. The fraction of sp³-hybridized carbons (Fsp3) is 0.333. The van der Waals surface area contributed by atoms with Crippen molar-refractivity contribution in [1.29, 1.82) is 0 Å². The molecule has 0 spiro atoms. The maximum absolute atomic E-state index is 13.1. The van der Waals surface area contributed by atoms with Gasteiger partial charge in [-0.05, 0) is 11.1 Å². The Labute approximate surface area is 172 Å². The monoisotopic (exact) mass is 417 g/mol. The van der Waals surface area contributed by atoms with Crippen molar-refractivity contribution >= 4 is 21.8 Å². The van der Waals surface area contributed by atoms with E-state index in [0.29, 0.717) is 6.42 Å². The van der Waals surface area contributed by atoms with Crippen molar-refractivity contribution in [3.05, 3.63) is 71.8 Å². The zero-order chi connectivity index (χ0) is 21.4. The van der Waals surface area contributed by atoms with Crippen LogP contribution in [0.25, 0.3) is 0 Å². The normalized spacial score (nSPS) is 12.4. The summed E-state index contributed by atoms with van der Waals surface area (Å²) < 4.78 is 24.5. The Morgan fingerprint density at radius 2 is 1.48 bits per heavy atom. The first-order valence-corrected chi connectivity index (χ1v) is 11.1. The van der Waals surface area contributed by atoms with Crippen LogP contribution in [0.15, 0.2) is 60.7 Å². The molecule has 0 aliphatic heterocycles. The van der Waals surface area contributed by atoms with E-state index >= 15 is 0 Å². The van der Waals surface area contributed by atoms with Gasteiger partial charge in [0.2, 0.25) is 21.8 Å². The molecule has 7 nitrogen and oxygen atoms in total. The van der Waals surface area contributed by atoms with E-state index in [1.165, 1.54) is 19.0 Å². The molecule has 0 saturated heterocycles. The zero-order valence-corrected chi connectivity index (χ0v) is 17.7. The first-order valence-electron chi connectivity index (χ1n) is 9.22. The minimum Gasteiger partial charge on any atom is -0.357 e. The summed E-state index contributed by atoms with van der Waals surface area (Å²) in [4.78, 5) is 27.2. The Morgan fingerprint density at radius 3 is 1.97 bits per heavy atom. The van der Waals surface area contributed by atoms with Crippen LogP contribution >= 0.6 is 0 Å². The molecule has 0 heterocycles. The van der Waals surface area contributed by atoms with Gasteiger partial charge >= 0.3 is 0 Å². The Balaban J connectivity index is 2.37. The van der Waals surface area contributed by atoms with Crippen LogP contribution in [0, 0.1) is 0 Å². The van der Waals surface area contributed by atoms with Crippen molar-refractivity contribution < 1.29 is 18.0 Å². The molecule has 1 unspecified atom stereocenters. The molecule has 0 fully saturated rings. The van der Waals surface area contributed by atoms with Gasteiger partial charge in [-0.1, -0.05) is 60.7 Å². The molecule has 0 aliphatic carbocycles. The first kappa shape index (κ1) is 22.6. The van der Waals surface area contributed by atoms with E-state index in [-0.39, 0.29) is 19.0 Å². The van der Waals surface area contributed by atoms with Gasteiger partial charge < -0.3 is 10.2 Å². The molecule has 0 aliphatic rings. The van der Waals surface area contributed by atoms with Gasteiger partial charge in [0.1, 0.15) is 6.04 Å². The lowest BCUT2D eigenvalue weighted by Crippen LogP contribution is -2.52. The predicted octanol–water partition coefficient (Wildman–Crippen LogP) is 1.26. The molecule has 8 heteroatoms. The van der Waals surface area contributed by atoms with E-state index in [2.05, 4.69) is 5.32 Å². The lowest BCUT2D eigenvalue weighted by atomic mass is 10.0. The van der Waals surface area contributed by atoms with Crippen LogP contribution in [-0.4, -0.2) is 62.4 Å². The van der Waals surface area contributed by atoms with E-state index in [4.69, 9.17) is 0 Å². The summed E-state index contributed by atoms with van der Waals surface area (Å²) in [5.74, 6) is -0.744. The van der Waals surface area contributed by atoms with Gasteiger partial charge in [0, 0.05) is 27.1 Å². The number of amides is 2. The summed E-state index contributed by atoms with van der Waals surface area (Å²) >= 11 is 0. The van der Waals surface area contributed by atoms with E-state index in [0.717, 1.165) is 21.7 Å². The Bertz CT molecular complexity index is 917. The number of carbonyl (C=O) groups is 2. The SMILES string of the molecule is CNC(=O)C(Cc1ccccc1)N(Cc1ccccc1)C(=O)CN(C)S(C)(=O)=O. The molecule has 156 valence electrons. The van der Waals surface area contributed by atoms with Gasteiger partial charge in [0.05, 0.1) is 12.8 Å². The molecule has 2 aromatic carbocycles. The third kappa shape index (κ3) is 6.69. The second-order valence-electron chi connectivity index (χ2n) is 6.85. The van der Waals surface area contributed by atoms with Crippen LogP contribution in [-0.2, 0) is 32.6 Å². The topological polar surface area (TPSA) is 86.8 Å². The van der Waals surface area contributed by atoms with Crippen LogP contribution in [0.2, 0.25) is 0 Å². The number of sulfonamides is 1. The largest absolute Gasteiger partial charge is 0.357 e. The van der Waals surface area contributed by atoms with Crippen molar-refractivity contribution in [3.63, 3.8) is 0 Å². The predicted molar refractivity (Wildman–Crippen MR) is 112 cm³/mol. The molecule has 2 aromatic rings. The highest BCUT2D eigenvalue weighted by atomic mass is 32.2. The fourth-order valence-electron chi connectivity index (χ4n) is 2.90. The van der Waals surface area contributed by atoms with E-state index in [1.807, 2.05) is 60.7 Å². The lowest BCUT2D eigenvalue weighted by molar-refractivity contribution is -0.141. The molecule has 1 N–H and O–H groups in total. The Hall–Kier alpha value is -2.71. The third-order valence-electron chi connectivity index (χ3n) is 4.64. The van der Waals surface area contributed by atoms with Crippen LogP contribution in [0.1, 0.15) is 11.1 Å².